The number of aromatic nitrogens is 4. The predicted molar refractivity (Wildman–Crippen MR) is 88.8 cm³/mol. The summed E-state index contributed by atoms with van der Waals surface area (Å²) in [7, 11) is 0. The van der Waals surface area contributed by atoms with Crippen LogP contribution in [0.5, 0.6) is 0 Å². The minimum Gasteiger partial charge on any atom is -0.313 e. The Bertz CT molecular complexity index is 792. The van der Waals surface area contributed by atoms with Crippen molar-refractivity contribution in [1.82, 2.24) is 25.5 Å². The monoisotopic (exact) mass is 305 g/mol. The molecular weight excluding hydrogens is 286 g/mol. The largest absolute Gasteiger partial charge is 0.313 e. The highest BCUT2D eigenvalue weighted by atomic mass is 15.1. The van der Waals surface area contributed by atoms with Gasteiger partial charge in [0, 0.05) is 30.8 Å². The van der Waals surface area contributed by atoms with Crippen molar-refractivity contribution in [3.05, 3.63) is 46.8 Å². The smallest absolute Gasteiger partial charge is 0.155 e. The molecule has 0 atom stereocenters. The lowest BCUT2D eigenvalue weighted by Crippen LogP contribution is -2.21. The molecule has 2 N–H and O–H groups in total. The van der Waals surface area contributed by atoms with Crippen LogP contribution in [0.2, 0.25) is 0 Å². The Morgan fingerprint density at radius 3 is 3.00 bits per heavy atom. The van der Waals surface area contributed by atoms with Crippen LogP contribution in [0.15, 0.2) is 18.3 Å². The number of nitrogens with zero attached hydrogens (tertiary/aromatic N) is 3. The van der Waals surface area contributed by atoms with Crippen molar-refractivity contribution in [1.29, 1.82) is 0 Å². The van der Waals surface area contributed by atoms with E-state index in [-0.39, 0.29) is 0 Å². The van der Waals surface area contributed by atoms with Gasteiger partial charge in [-0.1, -0.05) is 12.0 Å². The van der Waals surface area contributed by atoms with Crippen molar-refractivity contribution in [3.63, 3.8) is 0 Å². The molecule has 1 fully saturated rings. The molecule has 0 spiro atoms. The number of hydrogen-bond acceptors (Lipinski definition) is 4. The zero-order valence-corrected chi connectivity index (χ0v) is 13.0. The maximum Gasteiger partial charge on any atom is 0.155 e. The molecule has 2 aromatic rings. The summed E-state index contributed by atoms with van der Waals surface area (Å²) in [6.45, 7) is 1.84. The zero-order chi connectivity index (χ0) is 15.6. The van der Waals surface area contributed by atoms with E-state index < -0.39 is 0 Å². The molecular formula is C18H19N5. The number of aromatic amines is 1. The molecule has 0 aromatic carbocycles. The first kappa shape index (κ1) is 14.2. The Balaban J connectivity index is 1.62. The van der Waals surface area contributed by atoms with Gasteiger partial charge in [-0.3, -0.25) is 5.10 Å². The Hall–Kier alpha value is -2.45. The van der Waals surface area contributed by atoms with Crippen LogP contribution in [-0.2, 0) is 6.42 Å². The van der Waals surface area contributed by atoms with E-state index in [0.29, 0.717) is 12.3 Å². The van der Waals surface area contributed by atoms with Crippen LogP contribution in [0, 0.1) is 12.3 Å². The van der Waals surface area contributed by atoms with E-state index in [9.17, 15) is 0 Å². The average molecular weight is 305 g/mol. The molecule has 4 rings (SSSR count). The van der Waals surface area contributed by atoms with E-state index in [1.54, 1.807) is 6.20 Å². The zero-order valence-electron chi connectivity index (χ0n) is 13.0. The van der Waals surface area contributed by atoms with Gasteiger partial charge in [-0.25, -0.2) is 9.97 Å². The number of terminal acetylenes is 1. The fraction of sp³-hybridized carbons (Fsp3) is 0.389. The summed E-state index contributed by atoms with van der Waals surface area (Å²) in [6, 6.07) is 2.14. The SMILES string of the molecule is C#Cc1cnc(C2=CCNCC2)nc1Cc1cc(C2CC2)n[nH]1. The van der Waals surface area contributed by atoms with Crippen LogP contribution in [0.4, 0.5) is 0 Å². The van der Waals surface area contributed by atoms with Crippen molar-refractivity contribution in [2.75, 3.05) is 13.1 Å². The topological polar surface area (TPSA) is 66.5 Å². The van der Waals surface area contributed by atoms with Crippen LogP contribution in [-0.4, -0.2) is 33.3 Å². The molecule has 3 heterocycles. The number of H-pyrrole nitrogens is 1. The van der Waals surface area contributed by atoms with Gasteiger partial charge in [0.15, 0.2) is 5.82 Å². The second kappa shape index (κ2) is 5.98. The van der Waals surface area contributed by atoms with Crippen LogP contribution >= 0.6 is 0 Å². The van der Waals surface area contributed by atoms with Crippen molar-refractivity contribution in [2.24, 2.45) is 0 Å². The summed E-state index contributed by atoms with van der Waals surface area (Å²) in [5, 5.41) is 10.8. The fourth-order valence-electron chi connectivity index (χ4n) is 2.89. The summed E-state index contributed by atoms with van der Waals surface area (Å²) in [4.78, 5) is 9.18. The average Bonchev–Trinajstić information content (AvgIpc) is 3.35. The van der Waals surface area contributed by atoms with Crippen LogP contribution in [0.25, 0.3) is 5.57 Å². The van der Waals surface area contributed by atoms with Crippen molar-refractivity contribution >= 4 is 5.57 Å². The molecule has 5 nitrogen and oxygen atoms in total. The van der Waals surface area contributed by atoms with Crippen LogP contribution < -0.4 is 5.32 Å². The lowest BCUT2D eigenvalue weighted by Gasteiger charge is -2.13. The molecule has 1 aliphatic carbocycles. The first-order valence-electron chi connectivity index (χ1n) is 8.10. The second-order valence-electron chi connectivity index (χ2n) is 6.15. The third-order valence-electron chi connectivity index (χ3n) is 4.38. The number of nitrogens with one attached hydrogen (secondary N) is 2. The molecule has 2 aromatic heterocycles. The minimum absolute atomic E-state index is 0.646. The van der Waals surface area contributed by atoms with Gasteiger partial charge in [0.05, 0.1) is 17.0 Å². The predicted octanol–water partition coefficient (Wildman–Crippen LogP) is 2.03. The van der Waals surface area contributed by atoms with Gasteiger partial charge in [0.1, 0.15) is 0 Å². The Labute approximate surface area is 135 Å². The molecule has 0 saturated heterocycles. The summed E-state index contributed by atoms with van der Waals surface area (Å²) < 4.78 is 0. The number of rotatable bonds is 4. The lowest BCUT2D eigenvalue weighted by atomic mass is 10.1. The highest BCUT2D eigenvalue weighted by molar-refractivity contribution is 5.61. The maximum atomic E-state index is 5.62. The Kier molecular flexibility index (Phi) is 3.68. The fourth-order valence-corrected chi connectivity index (χ4v) is 2.89. The van der Waals surface area contributed by atoms with Crippen molar-refractivity contribution in [3.8, 4) is 12.3 Å². The van der Waals surface area contributed by atoms with E-state index in [4.69, 9.17) is 11.4 Å². The minimum atomic E-state index is 0.646. The van der Waals surface area contributed by atoms with Gasteiger partial charge >= 0.3 is 0 Å². The third-order valence-corrected chi connectivity index (χ3v) is 4.38. The summed E-state index contributed by atoms with van der Waals surface area (Å²) in [5.74, 6) is 4.14. The molecule has 0 bridgehead atoms. The molecule has 0 amide bonds. The first-order valence-corrected chi connectivity index (χ1v) is 8.10. The molecule has 5 heteroatoms. The molecule has 0 unspecified atom stereocenters. The van der Waals surface area contributed by atoms with Crippen LogP contribution in [0.3, 0.4) is 0 Å². The molecule has 1 saturated carbocycles. The standard InChI is InChI=1S/C18H19N5/c1-2-12-11-20-18(14-5-7-19-8-6-14)21-16(12)9-15-10-17(23-22-15)13-3-4-13/h1,5,10-11,13,19H,3-4,6-9H2,(H,22,23). The van der Waals surface area contributed by atoms with Crippen molar-refractivity contribution in [2.45, 2.75) is 31.6 Å². The van der Waals surface area contributed by atoms with E-state index in [2.05, 4.69) is 38.6 Å². The van der Waals surface area contributed by atoms with Gasteiger partial charge in [-0.05, 0) is 37.4 Å². The Morgan fingerprint density at radius 2 is 2.26 bits per heavy atom. The van der Waals surface area contributed by atoms with Crippen LogP contribution in [0.1, 0.15) is 53.7 Å². The van der Waals surface area contributed by atoms with Gasteiger partial charge < -0.3 is 5.32 Å². The quantitative estimate of drug-likeness (QED) is 0.848. The summed E-state index contributed by atoms with van der Waals surface area (Å²) in [6.07, 6.45) is 13.6. The van der Waals surface area contributed by atoms with Crippen molar-refractivity contribution < 1.29 is 0 Å². The van der Waals surface area contributed by atoms with E-state index in [0.717, 1.165) is 48.0 Å². The molecule has 23 heavy (non-hydrogen) atoms. The normalized spacial score (nSPS) is 17.6. The van der Waals surface area contributed by atoms with E-state index in [1.165, 1.54) is 18.4 Å². The molecule has 116 valence electrons. The molecule has 1 aliphatic heterocycles. The lowest BCUT2D eigenvalue weighted by molar-refractivity contribution is 0.733. The second-order valence-corrected chi connectivity index (χ2v) is 6.15. The highest BCUT2D eigenvalue weighted by Gasteiger charge is 2.26. The number of hydrogen-bond donors (Lipinski definition) is 2. The van der Waals surface area contributed by atoms with E-state index in [1.807, 2.05) is 0 Å². The first-order chi connectivity index (χ1) is 11.3. The van der Waals surface area contributed by atoms with Gasteiger partial charge in [-0.2, -0.15) is 5.10 Å². The molecule has 2 aliphatic rings. The van der Waals surface area contributed by atoms with Gasteiger partial charge in [0.25, 0.3) is 0 Å². The molecule has 0 radical (unpaired) electrons. The summed E-state index contributed by atoms with van der Waals surface area (Å²) >= 11 is 0. The van der Waals surface area contributed by atoms with E-state index >= 15 is 0 Å². The van der Waals surface area contributed by atoms with Gasteiger partial charge in [0.2, 0.25) is 0 Å². The maximum absolute atomic E-state index is 5.62. The summed E-state index contributed by atoms with van der Waals surface area (Å²) in [5.41, 5.74) is 5.07. The Morgan fingerprint density at radius 1 is 1.35 bits per heavy atom. The van der Waals surface area contributed by atoms with Gasteiger partial charge in [-0.15, -0.1) is 6.42 Å². The highest BCUT2D eigenvalue weighted by Crippen LogP contribution is 2.39. The third kappa shape index (κ3) is 3.03.